The average Bonchev–Trinajstić information content (AvgIpc) is 3.24. The number of hydrogen-bond acceptors (Lipinski definition) is 4. The summed E-state index contributed by atoms with van der Waals surface area (Å²) in [4.78, 5) is 25.9. The Morgan fingerprint density at radius 3 is 2.66 bits per heavy atom. The first-order chi connectivity index (χ1) is 14.1. The number of benzene rings is 2. The predicted molar refractivity (Wildman–Crippen MR) is 112 cm³/mol. The second-order valence-electron chi connectivity index (χ2n) is 6.92. The molecule has 7 nitrogen and oxygen atoms in total. The van der Waals surface area contributed by atoms with Gasteiger partial charge in [0, 0.05) is 18.2 Å². The van der Waals surface area contributed by atoms with Crippen LogP contribution < -0.4 is 15.0 Å². The number of hydrazone groups is 1. The first-order valence-corrected chi connectivity index (χ1v) is 9.79. The lowest BCUT2D eigenvalue weighted by Gasteiger charge is -2.19. The molecule has 3 rings (SSSR count). The number of carbonyl (C=O) groups excluding carboxylic acids is 2. The maximum absolute atomic E-state index is 12.7. The maximum Gasteiger partial charge on any atom is 0.297 e. The molecule has 0 spiro atoms. The molecular weight excluding hydrogens is 368 g/mol. The molecule has 2 aromatic rings. The van der Waals surface area contributed by atoms with Crippen LogP contribution in [0.4, 0.5) is 5.69 Å². The van der Waals surface area contributed by atoms with Crippen LogP contribution in [0.2, 0.25) is 0 Å². The number of amides is 2. The molecule has 7 heteroatoms. The zero-order valence-electron chi connectivity index (χ0n) is 16.9. The molecule has 0 fully saturated rings. The molecule has 2 N–H and O–H groups in total. The van der Waals surface area contributed by atoms with Crippen molar-refractivity contribution in [2.24, 2.45) is 5.10 Å². The molecule has 1 aliphatic rings. The normalized spacial score (nSPS) is 14.3. The summed E-state index contributed by atoms with van der Waals surface area (Å²) in [5, 5.41) is 8.87. The van der Waals surface area contributed by atoms with E-state index in [2.05, 4.69) is 10.4 Å². The molecule has 0 aromatic heterocycles. The van der Waals surface area contributed by atoms with Crippen LogP contribution in [-0.4, -0.2) is 55.8 Å². The van der Waals surface area contributed by atoms with Gasteiger partial charge < -0.3 is 15.0 Å². The highest BCUT2D eigenvalue weighted by Gasteiger charge is 2.25. The largest absolute Gasteiger partial charge is 0.497 e. The summed E-state index contributed by atoms with van der Waals surface area (Å²) in [6.07, 6.45) is 0.744. The quantitative estimate of drug-likeness (QED) is 0.705. The molecule has 1 aliphatic heterocycles. The number of anilines is 1. The van der Waals surface area contributed by atoms with Gasteiger partial charge in [-0.05, 0) is 24.6 Å². The summed E-state index contributed by atoms with van der Waals surface area (Å²) >= 11 is 0. The number of likely N-dealkylation sites (N-methyl/N-ethyl adjacent to an activating group) is 1. The minimum Gasteiger partial charge on any atom is -0.497 e. The van der Waals surface area contributed by atoms with Crippen LogP contribution in [0.3, 0.4) is 0 Å². The Morgan fingerprint density at radius 1 is 1.14 bits per heavy atom. The first kappa shape index (κ1) is 20.5. The lowest BCUT2D eigenvalue weighted by atomic mass is 10.1. The molecule has 0 saturated heterocycles. The molecule has 0 aliphatic carbocycles. The summed E-state index contributed by atoms with van der Waals surface area (Å²) in [5.41, 5.74) is 2.64. The van der Waals surface area contributed by atoms with E-state index in [0.29, 0.717) is 24.5 Å². The van der Waals surface area contributed by atoms with Crippen molar-refractivity contribution in [2.45, 2.75) is 13.3 Å². The smallest absolute Gasteiger partial charge is 0.297 e. The second kappa shape index (κ2) is 9.84. The van der Waals surface area contributed by atoms with Gasteiger partial charge in [0.25, 0.3) is 11.8 Å². The number of methoxy groups -OCH3 is 1. The van der Waals surface area contributed by atoms with Crippen LogP contribution in [0.1, 0.15) is 18.9 Å². The van der Waals surface area contributed by atoms with Crippen LogP contribution in [0, 0.1) is 0 Å². The SMILES string of the molecule is CC[NH+](CC(=O)Nc1cccc(OC)c1)CC(=O)N1CCC(c2ccccc2)=N1. The van der Waals surface area contributed by atoms with Crippen molar-refractivity contribution in [1.82, 2.24) is 5.01 Å². The Kier molecular flexibility index (Phi) is 6.97. The van der Waals surface area contributed by atoms with Crippen molar-refractivity contribution >= 4 is 23.2 Å². The van der Waals surface area contributed by atoms with Crippen molar-refractivity contribution in [2.75, 3.05) is 38.6 Å². The second-order valence-corrected chi connectivity index (χ2v) is 6.92. The van der Waals surface area contributed by atoms with Crippen LogP contribution in [0.5, 0.6) is 5.75 Å². The van der Waals surface area contributed by atoms with Gasteiger partial charge >= 0.3 is 0 Å². The number of nitrogens with one attached hydrogen (secondary N) is 2. The molecule has 29 heavy (non-hydrogen) atoms. The molecule has 0 saturated carbocycles. The Balaban J connectivity index is 1.54. The Labute approximate surface area is 171 Å². The Morgan fingerprint density at radius 2 is 1.93 bits per heavy atom. The van der Waals surface area contributed by atoms with Crippen molar-refractivity contribution in [3.8, 4) is 5.75 Å². The highest BCUT2D eigenvalue weighted by atomic mass is 16.5. The molecule has 1 atom stereocenters. The van der Waals surface area contributed by atoms with Crippen molar-refractivity contribution in [1.29, 1.82) is 0 Å². The number of carbonyl (C=O) groups is 2. The Bertz CT molecular complexity index is 883. The number of rotatable bonds is 8. The van der Waals surface area contributed by atoms with Gasteiger partial charge in [0.05, 0.1) is 25.9 Å². The lowest BCUT2D eigenvalue weighted by Crippen LogP contribution is -3.13. The van der Waals surface area contributed by atoms with Gasteiger partial charge in [-0.3, -0.25) is 9.59 Å². The van der Waals surface area contributed by atoms with Gasteiger partial charge in [-0.25, -0.2) is 5.01 Å². The molecule has 1 unspecified atom stereocenters. The van der Waals surface area contributed by atoms with Gasteiger partial charge in [0.2, 0.25) is 0 Å². The lowest BCUT2D eigenvalue weighted by molar-refractivity contribution is -0.882. The Hall–Kier alpha value is -3.19. The number of nitrogens with zero attached hydrogens (tertiary/aromatic N) is 2. The van der Waals surface area contributed by atoms with Crippen molar-refractivity contribution < 1.29 is 19.2 Å². The fourth-order valence-corrected chi connectivity index (χ4v) is 3.22. The number of hydrogen-bond donors (Lipinski definition) is 2. The summed E-state index contributed by atoms with van der Waals surface area (Å²) < 4.78 is 5.17. The van der Waals surface area contributed by atoms with E-state index >= 15 is 0 Å². The van der Waals surface area contributed by atoms with Gasteiger partial charge in [-0.15, -0.1) is 0 Å². The van der Waals surface area contributed by atoms with E-state index in [9.17, 15) is 9.59 Å². The highest BCUT2D eigenvalue weighted by molar-refractivity contribution is 6.02. The molecular formula is C22H27N4O3+. The molecule has 152 valence electrons. The maximum atomic E-state index is 12.7. The third-order valence-electron chi connectivity index (χ3n) is 4.86. The summed E-state index contributed by atoms with van der Waals surface area (Å²) in [5.74, 6) is 0.471. The van der Waals surface area contributed by atoms with Gasteiger partial charge in [-0.1, -0.05) is 36.4 Å². The fraction of sp³-hybridized carbons (Fsp3) is 0.318. The molecule has 0 radical (unpaired) electrons. The van der Waals surface area contributed by atoms with E-state index in [-0.39, 0.29) is 24.9 Å². The standard InChI is InChI=1S/C22H26N4O3/c1-3-25(15-21(27)23-18-10-7-11-19(14-18)29-2)16-22(28)26-13-12-20(24-26)17-8-5-4-6-9-17/h4-11,14H,3,12-13,15-16H2,1-2H3,(H,23,27)/p+1. The van der Waals surface area contributed by atoms with Gasteiger partial charge in [-0.2, -0.15) is 5.10 Å². The summed E-state index contributed by atoms with van der Waals surface area (Å²) in [7, 11) is 1.58. The number of ether oxygens (including phenoxy) is 1. The monoisotopic (exact) mass is 395 g/mol. The van der Waals surface area contributed by atoms with Crippen LogP contribution in [0.25, 0.3) is 0 Å². The van der Waals surface area contributed by atoms with Gasteiger partial charge in [0.1, 0.15) is 5.75 Å². The molecule has 2 aromatic carbocycles. The van der Waals surface area contributed by atoms with Gasteiger partial charge in [0.15, 0.2) is 13.1 Å². The third-order valence-corrected chi connectivity index (χ3v) is 4.86. The minimum atomic E-state index is -0.141. The summed E-state index contributed by atoms with van der Waals surface area (Å²) in [6.45, 7) is 3.65. The van der Waals surface area contributed by atoms with E-state index in [1.807, 2.05) is 49.4 Å². The minimum absolute atomic E-state index is 0.0676. The van der Waals surface area contributed by atoms with Crippen molar-refractivity contribution in [3.05, 3.63) is 60.2 Å². The first-order valence-electron chi connectivity index (χ1n) is 9.79. The molecule has 0 bridgehead atoms. The van der Waals surface area contributed by atoms with E-state index < -0.39 is 0 Å². The van der Waals surface area contributed by atoms with E-state index in [1.165, 1.54) is 5.01 Å². The van der Waals surface area contributed by atoms with Crippen molar-refractivity contribution in [3.63, 3.8) is 0 Å². The predicted octanol–water partition coefficient (Wildman–Crippen LogP) is 1.18. The van der Waals surface area contributed by atoms with E-state index in [0.717, 1.165) is 22.6 Å². The van der Waals surface area contributed by atoms with Crippen LogP contribution in [-0.2, 0) is 9.59 Å². The molecule has 1 heterocycles. The van der Waals surface area contributed by atoms with Crippen LogP contribution in [0.15, 0.2) is 59.7 Å². The summed E-state index contributed by atoms with van der Waals surface area (Å²) in [6, 6.07) is 17.1. The zero-order chi connectivity index (χ0) is 20.6. The average molecular weight is 395 g/mol. The molecule has 2 amide bonds. The van der Waals surface area contributed by atoms with Crippen LogP contribution >= 0.6 is 0 Å². The van der Waals surface area contributed by atoms with E-state index in [4.69, 9.17) is 4.74 Å². The fourth-order valence-electron chi connectivity index (χ4n) is 3.22. The number of quaternary nitrogens is 1. The highest BCUT2D eigenvalue weighted by Crippen LogP contribution is 2.16. The topological polar surface area (TPSA) is 75.4 Å². The zero-order valence-corrected chi connectivity index (χ0v) is 16.9. The van der Waals surface area contributed by atoms with E-state index in [1.54, 1.807) is 19.2 Å². The third kappa shape index (κ3) is 5.65.